The Labute approximate surface area is 142 Å². The van der Waals surface area contributed by atoms with Gasteiger partial charge in [-0.25, -0.2) is 0 Å². The molecule has 0 spiro atoms. The van der Waals surface area contributed by atoms with Crippen LogP contribution in [-0.4, -0.2) is 25.9 Å². The molecule has 5 nitrogen and oxygen atoms in total. The first-order chi connectivity index (χ1) is 11.7. The number of carbonyl (C=O) groups is 2. The summed E-state index contributed by atoms with van der Waals surface area (Å²) in [5, 5.41) is 4.53. The number of amides is 2. The first-order valence-electron chi connectivity index (χ1n) is 7.24. The third-order valence-corrected chi connectivity index (χ3v) is 3.30. The van der Waals surface area contributed by atoms with Gasteiger partial charge in [-0.1, -0.05) is 6.07 Å². The molecule has 0 fully saturated rings. The summed E-state index contributed by atoms with van der Waals surface area (Å²) in [7, 11) is 3.71. The Hall–Kier alpha value is -3.03. The molecule has 0 heterocycles. The number of hydrogen-bond donors (Lipinski definition) is 2. The molecule has 2 aromatic carbocycles. The van der Waals surface area contributed by atoms with Crippen LogP contribution >= 0.6 is 0 Å². The van der Waals surface area contributed by atoms with Gasteiger partial charge in [-0.2, -0.15) is 13.2 Å². The van der Waals surface area contributed by atoms with E-state index in [0.29, 0.717) is 5.69 Å². The molecule has 0 saturated carbocycles. The molecule has 132 valence electrons. The van der Waals surface area contributed by atoms with E-state index in [1.807, 2.05) is 19.0 Å². The number of halogens is 3. The van der Waals surface area contributed by atoms with Gasteiger partial charge in [0.25, 0.3) is 0 Å². The second kappa shape index (κ2) is 7.25. The molecule has 0 atom stereocenters. The van der Waals surface area contributed by atoms with Gasteiger partial charge in [-0.05, 0) is 42.5 Å². The number of hydrogen-bond acceptors (Lipinski definition) is 3. The third kappa shape index (κ3) is 4.97. The van der Waals surface area contributed by atoms with Crippen LogP contribution < -0.4 is 15.5 Å². The van der Waals surface area contributed by atoms with Gasteiger partial charge >= 0.3 is 18.0 Å². The van der Waals surface area contributed by atoms with Crippen molar-refractivity contribution in [1.29, 1.82) is 0 Å². The largest absolute Gasteiger partial charge is 0.416 e. The van der Waals surface area contributed by atoms with Crippen LogP contribution in [0.15, 0.2) is 48.5 Å². The molecular weight excluding hydrogens is 335 g/mol. The second-order valence-corrected chi connectivity index (χ2v) is 5.43. The van der Waals surface area contributed by atoms with E-state index in [0.717, 1.165) is 23.9 Å². The Balaban J connectivity index is 2.02. The van der Waals surface area contributed by atoms with Crippen molar-refractivity contribution in [3.05, 3.63) is 54.1 Å². The van der Waals surface area contributed by atoms with E-state index in [2.05, 4.69) is 10.6 Å². The summed E-state index contributed by atoms with van der Waals surface area (Å²) >= 11 is 0. The highest BCUT2D eigenvalue weighted by Gasteiger charge is 2.30. The summed E-state index contributed by atoms with van der Waals surface area (Å²) in [6.07, 6.45) is -4.53. The number of carbonyl (C=O) groups excluding carboxylic acids is 2. The third-order valence-electron chi connectivity index (χ3n) is 3.30. The van der Waals surface area contributed by atoms with Crippen molar-refractivity contribution in [2.45, 2.75) is 6.18 Å². The highest BCUT2D eigenvalue weighted by atomic mass is 19.4. The van der Waals surface area contributed by atoms with E-state index in [1.165, 1.54) is 6.07 Å². The van der Waals surface area contributed by atoms with Crippen molar-refractivity contribution in [2.24, 2.45) is 0 Å². The maximum Gasteiger partial charge on any atom is 0.416 e. The number of benzene rings is 2. The first kappa shape index (κ1) is 18.3. The van der Waals surface area contributed by atoms with Gasteiger partial charge in [-0.15, -0.1) is 0 Å². The van der Waals surface area contributed by atoms with Gasteiger partial charge in [0.15, 0.2) is 0 Å². The molecule has 0 aliphatic rings. The monoisotopic (exact) mass is 351 g/mol. The lowest BCUT2D eigenvalue weighted by Crippen LogP contribution is -2.29. The second-order valence-electron chi connectivity index (χ2n) is 5.43. The molecule has 0 bridgehead atoms. The van der Waals surface area contributed by atoms with E-state index in [-0.39, 0.29) is 5.69 Å². The topological polar surface area (TPSA) is 61.4 Å². The lowest BCUT2D eigenvalue weighted by molar-refractivity contribution is -0.137. The maximum absolute atomic E-state index is 12.6. The molecule has 0 radical (unpaired) electrons. The Morgan fingerprint density at radius 2 is 1.44 bits per heavy atom. The van der Waals surface area contributed by atoms with Crippen LogP contribution in [0.5, 0.6) is 0 Å². The molecule has 8 heteroatoms. The zero-order valence-corrected chi connectivity index (χ0v) is 13.5. The Morgan fingerprint density at radius 1 is 0.880 bits per heavy atom. The van der Waals surface area contributed by atoms with Crippen molar-refractivity contribution in [3.63, 3.8) is 0 Å². The highest BCUT2D eigenvalue weighted by molar-refractivity contribution is 6.43. The minimum atomic E-state index is -4.53. The lowest BCUT2D eigenvalue weighted by Gasteiger charge is -2.13. The van der Waals surface area contributed by atoms with Crippen molar-refractivity contribution in [3.8, 4) is 0 Å². The fourth-order valence-corrected chi connectivity index (χ4v) is 1.99. The fraction of sp³-hybridized carbons (Fsp3) is 0.176. The number of anilines is 3. The first-order valence-corrected chi connectivity index (χ1v) is 7.24. The fourth-order valence-electron chi connectivity index (χ4n) is 1.99. The molecule has 2 rings (SSSR count). The summed E-state index contributed by atoms with van der Waals surface area (Å²) in [5.41, 5.74) is 0.282. The van der Waals surface area contributed by atoms with Gasteiger partial charge in [0.05, 0.1) is 5.56 Å². The van der Waals surface area contributed by atoms with Crippen LogP contribution in [0, 0.1) is 0 Å². The van der Waals surface area contributed by atoms with Crippen LogP contribution in [0.4, 0.5) is 30.2 Å². The zero-order valence-electron chi connectivity index (χ0n) is 13.5. The van der Waals surface area contributed by atoms with Crippen LogP contribution in [0.2, 0.25) is 0 Å². The average Bonchev–Trinajstić information content (AvgIpc) is 2.54. The van der Waals surface area contributed by atoms with E-state index in [4.69, 9.17) is 0 Å². The average molecular weight is 351 g/mol. The van der Waals surface area contributed by atoms with Gasteiger partial charge < -0.3 is 15.5 Å². The summed E-state index contributed by atoms with van der Waals surface area (Å²) in [4.78, 5) is 25.6. The predicted octanol–water partition coefficient (Wildman–Crippen LogP) is 3.35. The SMILES string of the molecule is CN(C)c1ccc(NC(=O)C(=O)Nc2cccc(C(F)(F)F)c2)cc1. The van der Waals surface area contributed by atoms with Crippen molar-refractivity contribution < 1.29 is 22.8 Å². The molecule has 25 heavy (non-hydrogen) atoms. The standard InChI is InChI=1S/C17H16F3N3O2/c1-23(2)14-8-6-12(7-9-14)21-15(24)16(25)22-13-5-3-4-11(10-13)17(18,19)20/h3-10H,1-2H3,(H,21,24)(H,22,25). The van der Waals surface area contributed by atoms with Crippen molar-refractivity contribution >= 4 is 28.9 Å². The number of nitrogens with one attached hydrogen (secondary N) is 2. The predicted molar refractivity (Wildman–Crippen MR) is 89.5 cm³/mol. The Morgan fingerprint density at radius 3 is 1.96 bits per heavy atom. The maximum atomic E-state index is 12.6. The quantitative estimate of drug-likeness (QED) is 0.834. The molecule has 0 unspecified atom stereocenters. The van der Waals surface area contributed by atoms with Gasteiger partial charge in [0.1, 0.15) is 0 Å². The molecule has 0 aliphatic carbocycles. The molecule has 0 aromatic heterocycles. The van der Waals surface area contributed by atoms with Crippen LogP contribution in [0.25, 0.3) is 0 Å². The normalized spacial score (nSPS) is 10.9. The number of alkyl halides is 3. The zero-order chi connectivity index (χ0) is 18.6. The summed E-state index contributed by atoms with van der Waals surface area (Å²) < 4.78 is 37.9. The minimum Gasteiger partial charge on any atom is -0.378 e. The summed E-state index contributed by atoms with van der Waals surface area (Å²) in [6, 6.07) is 10.8. The smallest absolute Gasteiger partial charge is 0.378 e. The molecule has 2 aromatic rings. The van der Waals surface area contributed by atoms with E-state index < -0.39 is 23.6 Å². The molecule has 0 saturated heterocycles. The minimum absolute atomic E-state index is 0.113. The molecule has 0 aliphatic heterocycles. The van der Waals surface area contributed by atoms with Gasteiger partial charge in [-0.3, -0.25) is 9.59 Å². The van der Waals surface area contributed by atoms with Gasteiger partial charge in [0, 0.05) is 31.2 Å². The molecule has 2 N–H and O–H groups in total. The highest BCUT2D eigenvalue weighted by Crippen LogP contribution is 2.30. The Bertz CT molecular complexity index is 771. The number of rotatable bonds is 3. The van der Waals surface area contributed by atoms with E-state index in [9.17, 15) is 22.8 Å². The summed E-state index contributed by atoms with van der Waals surface area (Å²) in [6.45, 7) is 0. The number of nitrogens with zero attached hydrogens (tertiary/aromatic N) is 1. The van der Waals surface area contributed by atoms with E-state index in [1.54, 1.807) is 24.3 Å². The Kier molecular flexibility index (Phi) is 5.31. The van der Waals surface area contributed by atoms with E-state index >= 15 is 0 Å². The van der Waals surface area contributed by atoms with Crippen LogP contribution in [-0.2, 0) is 15.8 Å². The van der Waals surface area contributed by atoms with Crippen molar-refractivity contribution in [2.75, 3.05) is 29.6 Å². The van der Waals surface area contributed by atoms with Crippen LogP contribution in [0.1, 0.15) is 5.56 Å². The molecule has 2 amide bonds. The van der Waals surface area contributed by atoms with Gasteiger partial charge in [0.2, 0.25) is 0 Å². The van der Waals surface area contributed by atoms with Crippen LogP contribution in [0.3, 0.4) is 0 Å². The lowest BCUT2D eigenvalue weighted by atomic mass is 10.2. The summed E-state index contributed by atoms with van der Waals surface area (Å²) in [5.74, 6) is -2.04. The van der Waals surface area contributed by atoms with Crippen molar-refractivity contribution in [1.82, 2.24) is 0 Å². The molecular formula is C17H16F3N3O2.